The molecule has 1 aliphatic carbocycles. The van der Waals surface area contributed by atoms with Gasteiger partial charge in [-0.15, -0.1) is 0 Å². The molecule has 3 aromatic rings. The van der Waals surface area contributed by atoms with E-state index in [0.717, 1.165) is 0 Å². The summed E-state index contributed by atoms with van der Waals surface area (Å²) in [4.78, 5) is 28.0. The van der Waals surface area contributed by atoms with Gasteiger partial charge in [-0.05, 0) is 38.1 Å². The van der Waals surface area contributed by atoms with E-state index in [1.54, 1.807) is 28.8 Å². The number of aliphatic hydroxyl groups is 1. The number of halogens is 2. The number of fused-ring (bicyclic) bond motifs is 1. The van der Waals surface area contributed by atoms with Gasteiger partial charge in [-0.3, -0.25) is 9.78 Å². The van der Waals surface area contributed by atoms with Gasteiger partial charge >= 0.3 is 6.09 Å². The first-order valence-corrected chi connectivity index (χ1v) is 11.8. The Labute approximate surface area is 216 Å². The first-order chi connectivity index (χ1) is 17.9. The lowest BCUT2D eigenvalue weighted by Gasteiger charge is -2.42. The Balaban J connectivity index is 1.60. The van der Waals surface area contributed by atoms with Crippen LogP contribution in [0.25, 0.3) is 16.9 Å². The highest BCUT2D eigenvalue weighted by Gasteiger charge is 2.45. The van der Waals surface area contributed by atoms with E-state index in [1.807, 2.05) is 11.4 Å². The fraction of sp³-hybridized carbons (Fsp3) is 0.400. The van der Waals surface area contributed by atoms with E-state index in [-0.39, 0.29) is 24.9 Å². The van der Waals surface area contributed by atoms with Crippen LogP contribution in [0.15, 0.2) is 36.7 Å². The highest BCUT2D eigenvalue weighted by Crippen LogP contribution is 2.38. The van der Waals surface area contributed by atoms with Crippen LogP contribution in [-0.4, -0.2) is 73.4 Å². The van der Waals surface area contributed by atoms with Crippen LogP contribution in [0.2, 0.25) is 0 Å². The van der Waals surface area contributed by atoms with E-state index in [2.05, 4.69) is 20.7 Å². The van der Waals surface area contributed by atoms with Crippen LogP contribution >= 0.6 is 0 Å². The average molecular weight is 528 g/mol. The number of aromatic nitrogens is 3. The van der Waals surface area contributed by atoms with Crippen molar-refractivity contribution in [3.8, 4) is 17.5 Å². The highest BCUT2D eigenvalue weighted by atomic mass is 19.1. The lowest BCUT2D eigenvalue weighted by atomic mass is 9.77. The molecule has 1 unspecified atom stereocenters. The van der Waals surface area contributed by atoms with E-state index in [9.17, 15) is 23.5 Å². The number of nitrogens with one attached hydrogen (secondary N) is 3. The van der Waals surface area contributed by atoms with Crippen LogP contribution in [0, 0.1) is 11.3 Å². The van der Waals surface area contributed by atoms with Gasteiger partial charge in [0.25, 0.3) is 5.91 Å². The van der Waals surface area contributed by atoms with Crippen LogP contribution in [-0.2, 0) is 0 Å². The van der Waals surface area contributed by atoms with E-state index in [4.69, 9.17) is 10.4 Å². The summed E-state index contributed by atoms with van der Waals surface area (Å²) < 4.78 is 30.6. The normalized spacial score (nSPS) is 19.7. The summed E-state index contributed by atoms with van der Waals surface area (Å²) in [5, 5.41) is 39.6. The molecule has 200 valence electrons. The monoisotopic (exact) mass is 527 g/mol. The largest absolute Gasteiger partial charge is 0.465 e. The summed E-state index contributed by atoms with van der Waals surface area (Å²) in [7, 11) is 0. The van der Waals surface area contributed by atoms with Gasteiger partial charge < -0.3 is 26.2 Å². The predicted octanol–water partition coefficient (Wildman–Crippen LogP) is 2.66. The highest BCUT2D eigenvalue weighted by molar-refractivity contribution is 6.00. The molecule has 13 heteroatoms. The summed E-state index contributed by atoms with van der Waals surface area (Å²) in [6, 6.07) is 8.39. The zero-order chi connectivity index (χ0) is 27.7. The molecule has 2 amide bonds. The van der Waals surface area contributed by atoms with Gasteiger partial charge in [0.05, 0.1) is 58.6 Å². The van der Waals surface area contributed by atoms with E-state index < -0.39 is 42.0 Å². The Morgan fingerprint density at radius 1 is 1.29 bits per heavy atom. The number of nitriles is 1. The Hall–Kier alpha value is -4.31. The minimum absolute atomic E-state index is 0.00377. The first kappa shape index (κ1) is 26.7. The van der Waals surface area contributed by atoms with Crippen molar-refractivity contribution in [1.82, 2.24) is 25.2 Å². The number of hydrogen-bond acceptors (Lipinski definition) is 7. The summed E-state index contributed by atoms with van der Waals surface area (Å²) in [5.41, 5.74) is -0.925. The Kier molecular flexibility index (Phi) is 7.19. The van der Waals surface area contributed by atoms with Crippen molar-refractivity contribution in [3.63, 3.8) is 0 Å². The molecular weight excluding hydrogens is 500 g/mol. The first-order valence-electron chi connectivity index (χ1n) is 11.8. The zero-order valence-corrected chi connectivity index (χ0v) is 20.7. The summed E-state index contributed by atoms with van der Waals surface area (Å²) >= 11 is 0. The van der Waals surface area contributed by atoms with Crippen molar-refractivity contribution >= 4 is 23.2 Å². The number of amides is 2. The Morgan fingerprint density at radius 2 is 2.03 bits per heavy atom. The van der Waals surface area contributed by atoms with Crippen LogP contribution in [0.4, 0.5) is 19.3 Å². The quantitative estimate of drug-likeness (QED) is 0.283. The van der Waals surface area contributed by atoms with Crippen molar-refractivity contribution in [3.05, 3.63) is 47.8 Å². The third kappa shape index (κ3) is 5.81. The number of carbonyl (C=O) groups is 2. The number of anilines is 1. The molecule has 0 saturated heterocycles. The van der Waals surface area contributed by atoms with Gasteiger partial charge in [0.1, 0.15) is 17.9 Å². The minimum Gasteiger partial charge on any atom is -0.465 e. The van der Waals surface area contributed by atoms with Gasteiger partial charge in [-0.1, -0.05) is 0 Å². The summed E-state index contributed by atoms with van der Waals surface area (Å²) in [6.45, 7) is 1.80. The second-order valence-electron chi connectivity index (χ2n) is 9.92. The van der Waals surface area contributed by atoms with Crippen molar-refractivity contribution in [2.45, 2.75) is 50.2 Å². The standard InChI is InChI=1S/C25H27F2N7O4/c1-24(2,38)21(26)12-30-22(35)17-11-29-19(20-4-3-16-5-14(9-28)10-32-34(16)20)6-18(17)33-15-7-25(27,8-15)13-31-23(36)37/h3-6,10-11,15,21,31,38H,7-8,12-13H2,1-2H3,(H,29,33)(H,30,35)(H,36,37). The summed E-state index contributed by atoms with van der Waals surface area (Å²) in [5.74, 6) is -0.645. The molecule has 0 spiro atoms. The number of carbonyl (C=O) groups excluding carboxylic acids is 1. The molecule has 5 N–H and O–H groups in total. The molecule has 0 aliphatic heterocycles. The average Bonchev–Trinajstić information content (AvgIpc) is 3.27. The number of pyridine rings is 1. The number of nitrogens with zero attached hydrogens (tertiary/aromatic N) is 4. The Morgan fingerprint density at radius 3 is 2.68 bits per heavy atom. The SMILES string of the molecule is CC(C)(O)C(F)CNC(=O)c1cnc(-c2ccc3cc(C#N)cnn23)cc1NC1CC(F)(CNC(=O)O)C1. The molecule has 1 aliphatic rings. The van der Waals surface area contributed by atoms with E-state index >= 15 is 0 Å². The maximum atomic E-state index is 14.8. The molecule has 0 aromatic carbocycles. The predicted molar refractivity (Wildman–Crippen MR) is 133 cm³/mol. The van der Waals surface area contributed by atoms with Gasteiger partial charge in [-0.25, -0.2) is 18.1 Å². The molecule has 3 aromatic heterocycles. The van der Waals surface area contributed by atoms with Crippen molar-refractivity contribution in [1.29, 1.82) is 5.26 Å². The third-order valence-electron chi connectivity index (χ3n) is 6.39. The number of hydrogen-bond donors (Lipinski definition) is 5. The van der Waals surface area contributed by atoms with Crippen LogP contribution in [0.1, 0.15) is 42.6 Å². The second kappa shape index (κ2) is 10.2. The molecule has 0 bridgehead atoms. The Bertz CT molecular complexity index is 1410. The van der Waals surface area contributed by atoms with E-state index in [1.165, 1.54) is 26.2 Å². The van der Waals surface area contributed by atoms with Crippen molar-refractivity contribution < 1.29 is 28.6 Å². The molecule has 11 nitrogen and oxygen atoms in total. The van der Waals surface area contributed by atoms with Gasteiger partial charge in [0, 0.05) is 25.1 Å². The van der Waals surface area contributed by atoms with Crippen LogP contribution in [0.3, 0.4) is 0 Å². The van der Waals surface area contributed by atoms with Gasteiger partial charge in [0.2, 0.25) is 0 Å². The number of rotatable bonds is 9. The molecule has 3 heterocycles. The number of alkyl halides is 2. The van der Waals surface area contributed by atoms with E-state index in [0.29, 0.717) is 28.2 Å². The van der Waals surface area contributed by atoms with Gasteiger partial charge in [-0.2, -0.15) is 10.4 Å². The molecule has 1 saturated carbocycles. The molecule has 0 radical (unpaired) electrons. The molecular formula is C25H27F2N7O4. The topological polar surface area (TPSA) is 165 Å². The summed E-state index contributed by atoms with van der Waals surface area (Å²) in [6.07, 6.45) is -0.308. The number of carboxylic acid groups (broad SMARTS) is 1. The fourth-order valence-corrected chi connectivity index (χ4v) is 4.20. The molecule has 4 rings (SSSR count). The fourth-order valence-electron chi connectivity index (χ4n) is 4.20. The lowest BCUT2D eigenvalue weighted by molar-refractivity contribution is -0.00177. The smallest absolute Gasteiger partial charge is 0.404 e. The maximum absolute atomic E-state index is 14.8. The molecule has 1 atom stereocenters. The molecule has 1 fully saturated rings. The maximum Gasteiger partial charge on any atom is 0.404 e. The van der Waals surface area contributed by atoms with Crippen molar-refractivity contribution in [2.24, 2.45) is 0 Å². The minimum atomic E-state index is -1.72. The molecule has 38 heavy (non-hydrogen) atoms. The van der Waals surface area contributed by atoms with Crippen LogP contribution < -0.4 is 16.0 Å². The zero-order valence-electron chi connectivity index (χ0n) is 20.7. The van der Waals surface area contributed by atoms with Crippen molar-refractivity contribution in [2.75, 3.05) is 18.4 Å². The van der Waals surface area contributed by atoms with Gasteiger partial charge in [0.15, 0.2) is 0 Å². The lowest BCUT2D eigenvalue weighted by Crippen LogP contribution is -2.53. The van der Waals surface area contributed by atoms with Crippen LogP contribution in [0.5, 0.6) is 0 Å². The third-order valence-corrected chi connectivity index (χ3v) is 6.39. The second-order valence-corrected chi connectivity index (χ2v) is 9.92.